The van der Waals surface area contributed by atoms with Crippen molar-refractivity contribution in [2.24, 2.45) is 0 Å². The molecule has 29 heavy (non-hydrogen) atoms. The van der Waals surface area contributed by atoms with Gasteiger partial charge in [-0.25, -0.2) is 4.79 Å². The predicted octanol–water partition coefficient (Wildman–Crippen LogP) is 3.35. The number of piperidine rings is 1. The summed E-state index contributed by atoms with van der Waals surface area (Å²) in [6, 6.07) is 8.93. The Morgan fingerprint density at radius 2 is 2.07 bits per heavy atom. The summed E-state index contributed by atoms with van der Waals surface area (Å²) in [7, 11) is 2.09. The maximum absolute atomic E-state index is 13.2. The lowest BCUT2D eigenvalue weighted by atomic mass is 10.0. The van der Waals surface area contributed by atoms with Crippen molar-refractivity contribution in [2.45, 2.75) is 38.4 Å². The Morgan fingerprint density at radius 1 is 1.28 bits per heavy atom. The van der Waals surface area contributed by atoms with Crippen LogP contribution in [-0.2, 0) is 17.9 Å². The molecule has 1 aliphatic rings. The molecule has 0 saturated carbocycles. The number of furan rings is 1. The number of carbonyl (C=O) groups is 1. The number of likely N-dealkylation sites (tertiary alicyclic amines) is 1. The van der Waals surface area contributed by atoms with Crippen LogP contribution in [0.5, 0.6) is 0 Å². The largest absolute Gasteiger partial charge is 0.467 e. The number of aryl methyl sites for hydroxylation is 1. The summed E-state index contributed by atoms with van der Waals surface area (Å²) in [6.07, 6.45) is 3.69. The highest BCUT2D eigenvalue weighted by molar-refractivity contribution is 6.31. The molecule has 7 nitrogen and oxygen atoms in total. The number of nitrogens with zero attached hydrogens (tertiary/aromatic N) is 3. The standard InChI is InChI=1S/C21H24ClN3O4/c1-23-9-6-16(7-10-23)25(14-17-3-2-12-28-17)20(26)8-11-24-18-5-4-15(22)13-19(18)29-21(24)27/h2-5,12-13,16H,6-11,14H2,1H3. The first-order valence-electron chi connectivity index (χ1n) is 9.80. The van der Waals surface area contributed by atoms with Crippen LogP contribution < -0.4 is 5.76 Å². The first kappa shape index (κ1) is 19.8. The van der Waals surface area contributed by atoms with E-state index in [0.717, 1.165) is 31.7 Å². The third-order valence-corrected chi connectivity index (χ3v) is 5.77. The van der Waals surface area contributed by atoms with Crippen LogP contribution in [0.2, 0.25) is 5.02 Å². The van der Waals surface area contributed by atoms with Gasteiger partial charge in [-0.15, -0.1) is 0 Å². The summed E-state index contributed by atoms with van der Waals surface area (Å²) in [5, 5.41) is 0.501. The topological polar surface area (TPSA) is 71.8 Å². The van der Waals surface area contributed by atoms with E-state index in [0.29, 0.717) is 22.7 Å². The van der Waals surface area contributed by atoms with Crippen LogP contribution in [0, 0.1) is 0 Å². The Balaban J connectivity index is 1.50. The second-order valence-corrected chi connectivity index (χ2v) is 7.95. The summed E-state index contributed by atoms with van der Waals surface area (Å²) >= 11 is 5.97. The lowest BCUT2D eigenvalue weighted by molar-refractivity contribution is -0.135. The van der Waals surface area contributed by atoms with Gasteiger partial charge in [0.25, 0.3) is 0 Å². The molecule has 0 spiro atoms. The molecule has 0 atom stereocenters. The van der Waals surface area contributed by atoms with E-state index in [4.69, 9.17) is 20.4 Å². The molecule has 0 bridgehead atoms. The van der Waals surface area contributed by atoms with Crippen LogP contribution in [0.3, 0.4) is 0 Å². The molecule has 0 aliphatic carbocycles. The summed E-state index contributed by atoms with van der Waals surface area (Å²) < 4.78 is 12.2. The van der Waals surface area contributed by atoms with Crippen molar-refractivity contribution in [3.05, 3.63) is 57.9 Å². The highest BCUT2D eigenvalue weighted by atomic mass is 35.5. The van der Waals surface area contributed by atoms with Crippen molar-refractivity contribution in [1.82, 2.24) is 14.4 Å². The van der Waals surface area contributed by atoms with Crippen molar-refractivity contribution in [3.8, 4) is 0 Å². The van der Waals surface area contributed by atoms with Crippen LogP contribution in [-0.4, -0.2) is 46.5 Å². The number of hydrogen-bond donors (Lipinski definition) is 0. The van der Waals surface area contributed by atoms with E-state index >= 15 is 0 Å². The molecule has 0 radical (unpaired) electrons. The summed E-state index contributed by atoms with van der Waals surface area (Å²) in [4.78, 5) is 29.6. The van der Waals surface area contributed by atoms with Gasteiger partial charge >= 0.3 is 5.76 Å². The van der Waals surface area contributed by atoms with Crippen molar-refractivity contribution in [3.63, 3.8) is 0 Å². The molecule has 2 aromatic heterocycles. The minimum Gasteiger partial charge on any atom is -0.467 e. The van der Waals surface area contributed by atoms with Gasteiger partial charge in [0.2, 0.25) is 5.91 Å². The van der Waals surface area contributed by atoms with E-state index in [2.05, 4.69) is 11.9 Å². The minimum atomic E-state index is -0.480. The molecule has 0 unspecified atom stereocenters. The average Bonchev–Trinajstić information content (AvgIpc) is 3.32. The average molecular weight is 418 g/mol. The Morgan fingerprint density at radius 3 is 2.79 bits per heavy atom. The molecule has 4 rings (SSSR count). The Labute approximate surface area is 173 Å². The molecule has 1 amide bonds. The lowest BCUT2D eigenvalue weighted by Gasteiger charge is -2.37. The van der Waals surface area contributed by atoms with Crippen molar-refractivity contribution < 1.29 is 13.6 Å². The molecular formula is C21H24ClN3O4. The lowest BCUT2D eigenvalue weighted by Crippen LogP contribution is -2.46. The van der Waals surface area contributed by atoms with Gasteiger partial charge in [-0.1, -0.05) is 11.6 Å². The van der Waals surface area contributed by atoms with Crippen LogP contribution in [0.1, 0.15) is 25.0 Å². The highest BCUT2D eigenvalue weighted by Crippen LogP contribution is 2.21. The molecule has 8 heteroatoms. The number of benzene rings is 1. The van der Waals surface area contributed by atoms with Crippen molar-refractivity contribution in [2.75, 3.05) is 20.1 Å². The molecule has 1 aromatic carbocycles. The van der Waals surface area contributed by atoms with Crippen molar-refractivity contribution >= 4 is 28.6 Å². The molecule has 154 valence electrons. The van der Waals surface area contributed by atoms with Crippen LogP contribution >= 0.6 is 11.6 Å². The fourth-order valence-corrected chi connectivity index (χ4v) is 4.06. The number of amides is 1. The zero-order chi connectivity index (χ0) is 20.4. The summed E-state index contributed by atoms with van der Waals surface area (Å²) in [5.41, 5.74) is 1.07. The summed E-state index contributed by atoms with van der Waals surface area (Å²) in [5.74, 6) is 0.288. The van der Waals surface area contributed by atoms with Gasteiger partial charge in [-0.2, -0.15) is 0 Å². The van der Waals surface area contributed by atoms with Crippen LogP contribution in [0.25, 0.3) is 11.1 Å². The second-order valence-electron chi connectivity index (χ2n) is 7.52. The van der Waals surface area contributed by atoms with Gasteiger partial charge < -0.3 is 18.6 Å². The molecule has 1 aliphatic heterocycles. The third-order valence-electron chi connectivity index (χ3n) is 5.54. The number of oxazole rings is 1. The molecule has 3 heterocycles. The number of aromatic nitrogens is 1. The molecule has 1 saturated heterocycles. The van der Waals surface area contributed by atoms with Gasteiger partial charge in [0.15, 0.2) is 5.58 Å². The van der Waals surface area contributed by atoms with E-state index in [1.165, 1.54) is 4.57 Å². The van der Waals surface area contributed by atoms with E-state index in [1.807, 2.05) is 17.0 Å². The fraction of sp³-hybridized carbons (Fsp3) is 0.429. The quantitative estimate of drug-likeness (QED) is 0.615. The zero-order valence-corrected chi connectivity index (χ0v) is 17.1. The molecule has 1 fully saturated rings. The second kappa shape index (κ2) is 8.47. The van der Waals surface area contributed by atoms with E-state index in [9.17, 15) is 9.59 Å². The molecule has 3 aromatic rings. The van der Waals surface area contributed by atoms with Gasteiger partial charge in [0.05, 0.1) is 18.3 Å². The number of halogens is 1. The predicted molar refractivity (Wildman–Crippen MR) is 110 cm³/mol. The van der Waals surface area contributed by atoms with Crippen LogP contribution in [0.4, 0.5) is 0 Å². The third kappa shape index (κ3) is 4.41. The first-order chi connectivity index (χ1) is 14.0. The van der Waals surface area contributed by atoms with E-state index < -0.39 is 5.76 Å². The van der Waals surface area contributed by atoms with Gasteiger partial charge in [0.1, 0.15) is 5.76 Å². The number of rotatable bonds is 6. The smallest absolute Gasteiger partial charge is 0.419 e. The molecular weight excluding hydrogens is 394 g/mol. The van der Waals surface area contributed by atoms with E-state index in [-0.39, 0.29) is 24.9 Å². The molecule has 0 N–H and O–H groups in total. The summed E-state index contributed by atoms with van der Waals surface area (Å²) in [6.45, 7) is 2.61. The maximum Gasteiger partial charge on any atom is 0.419 e. The van der Waals surface area contributed by atoms with Crippen LogP contribution in [0.15, 0.2) is 50.2 Å². The first-order valence-corrected chi connectivity index (χ1v) is 10.2. The highest BCUT2D eigenvalue weighted by Gasteiger charge is 2.27. The minimum absolute atomic E-state index is 0.00571. The van der Waals surface area contributed by atoms with Gasteiger partial charge in [-0.3, -0.25) is 9.36 Å². The Bertz CT molecular complexity index is 1030. The fourth-order valence-electron chi connectivity index (χ4n) is 3.90. The zero-order valence-electron chi connectivity index (χ0n) is 16.3. The Hall–Kier alpha value is -2.51. The maximum atomic E-state index is 13.2. The van der Waals surface area contributed by atoms with Crippen molar-refractivity contribution in [1.29, 1.82) is 0 Å². The number of carbonyl (C=O) groups excluding carboxylic acids is 1. The number of hydrogen-bond acceptors (Lipinski definition) is 5. The number of fused-ring (bicyclic) bond motifs is 1. The monoisotopic (exact) mass is 417 g/mol. The van der Waals surface area contributed by atoms with Gasteiger partial charge in [-0.05, 0) is 57.2 Å². The van der Waals surface area contributed by atoms with E-state index in [1.54, 1.807) is 24.5 Å². The SMILES string of the molecule is CN1CCC(N(Cc2ccco2)C(=O)CCn2c(=O)oc3cc(Cl)ccc32)CC1. The normalized spacial score (nSPS) is 15.8. The Kier molecular flexibility index (Phi) is 5.78. The van der Waals surface area contributed by atoms with Gasteiger partial charge in [0, 0.05) is 30.1 Å².